The largest absolute Gasteiger partial charge is 0.304 e. The van der Waals surface area contributed by atoms with Crippen LogP contribution in [0.25, 0.3) is 0 Å². The molecule has 0 amide bonds. The second kappa shape index (κ2) is 10.4. The maximum absolute atomic E-state index is 10.1. The first-order chi connectivity index (χ1) is 11.2. The fraction of sp³-hybridized carbons (Fsp3) is 0.650. The molecule has 128 valence electrons. The highest BCUT2D eigenvalue weighted by molar-refractivity contribution is 5.32. The fourth-order valence-corrected chi connectivity index (χ4v) is 3.12. The van der Waals surface area contributed by atoms with Gasteiger partial charge in [0, 0.05) is 0 Å². The zero-order chi connectivity index (χ0) is 17.1. The lowest BCUT2D eigenvalue weighted by atomic mass is 9.76. The van der Waals surface area contributed by atoms with E-state index in [1.165, 1.54) is 5.56 Å². The summed E-state index contributed by atoms with van der Waals surface area (Å²) >= 11 is 0. The SMILES string of the molecule is CCN(CC)CCC(C#N)(CCN(CC)CC)c1ccccc1. The van der Waals surface area contributed by atoms with Gasteiger partial charge < -0.3 is 9.80 Å². The van der Waals surface area contributed by atoms with Crippen molar-refractivity contribution in [3.05, 3.63) is 35.9 Å². The molecule has 0 radical (unpaired) electrons. The average Bonchev–Trinajstić information content (AvgIpc) is 2.62. The molecule has 0 aromatic heterocycles. The lowest BCUT2D eigenvalue weighted by molar-refractivity contribution is 0.242. The molecular formula is C20H33N3. The molecular weight excluding hydrogens is 282 g/mol. The lowest BCUT2D eigenvalue weighted by Gasteiger charge is -2.32. The lowest BCUT2D eigenvalue weighted by Crippen LogP contribution is -2.36. The molecule has 3 nitrogen and oxygen atoms in total. The first-order valence-electron chi connectivity index (χ1n) is 9.07. The van der Waals surface area contributed by atoms with E-state index in [1.807, 2.05) is 6.07 Å². The molecule has 23 heavy (non-hydrogen) atoms. The molecule has 1 rings (SSSR count). The summed E-state index contributed by atoms with van der Waals surface area (Å²) in [5, 5.41) is 10.1. The quantitative estimate of drug-likeness (QED) is 0.620. The van der Waals surface area contributed by atoms with Gasteiger partial charge in [-0.15, -0.1) is 0 Å². The van der Waals surface area contributed by atoms with E-state index in [1.54, 1.807) is 0 Å². The molecule has 0 saturated carbocycles. The first kappa shape index (κ1) is 19.7. The predicted molar refractivity (Wildman–Crippen MR) is 98.5 cm³/mol. The molecule has 0 saturated heterocycles. The molecule has 0 heterocycles. The summed E-state index contributed by atoms with van der Waals surface area (Å²) in [5.74, 6) is 0. The van der Waals surface area contributed by atoms with Crippen LogP contribution in [0.15, 0.2) is 30.3 Å². The molecule has 3 heteroatoms. The molecule has 0 fully saturated rings. The second-order valence-electron chi connectivity index (χ2n) is 6.11. The van der Waals surface area contributed by atoms with Crippen molar-refractivity contribution >= 4 is 0 Å². The Morgan fingerprint density at radius 2 is 1.26 bits per heavy atom. The van der Waals surface area contributed by atoms with E-state index in [0.717, 1.165) is 52.1 Å². The summed E-state index contributed by atoms with van der Waals surface area (Å²) in [6.07, 6.45) is 1.80. The Balaban J connectivity index is 2.96. The van der Waals surface area contributed by atoms with Crippen molar-refractivity contribution in [1.82, 2.24) is 9.80 Å². The van der Waals surface area contributed by atoms with Gasteiger partial charge in [0.2, 0.25) is 0 Å². The maximum atomic E-state index is 10.1. The van der Waals surface area contributed by atoms with E-state index in [-0.39, 0.29) is 5.41 Å². The van der Waals surface area contributed by atoms with Crippen molar-refractivity contribution in [2.45, 2.75) is 46.0 Å². The summed E-state index contributed by atoms with van der Waals surface area (Å²) in [6, 6.07) is 13.1. The van der Waals surface area contributed by atoms with Crippen molar-refractivity contribution in [2.75, 3.05) is 39.3 Å². The normalized spacial score (nSPS) is 11.9. The molecule has 0 bridgehead atoms. The molecule has 0 spiro atoms. The van der Waals surface area contributed by atoms with Crippen LogP contribution in [0.1, 0.15) is 46.1 Å². The van der Waals surface area contributed by atoms with E-state index in [0.29, 0.717) is 0 Å². The van der Waals surface area contributed by atoms with E-state index in [2.05, 4.69) is 67.8 Å². The number of nitriles is 1. The minimum atomic E-state index is -0.382. The van der Waals surface area contributed by atoms with Crippen LogP contribution in [0, 0.1) is 11.3 Å². The summed E-state index contributed by atoms with van der Waals surface area (Å²) in [7, 11) is 0. The minimum Gasteiger partial charge on any atom is -0.304 e. The van der Waals surface area contributed by atoms with Gasteiger partial charge in [-0.1, -0.05) is 58.0 Å². The molecule has 0 atom stereocenters. The van der Waals surface area contributed by atoms with Gasteiger partial charge in [0.05, 0.1) is 11.5 Å². The molecule has 0 aliphatic carbocycles. The van der Waals surface area contributed by atoms with Gasteiger partial charge in [-0.2, -0.15) is 5.26 Å². The number of hydrogen-bond acceptors (Lipinski definition) is 3. The fourth-order valence-electron chi connectivity index (χ4n) is 3.12. The summed E-state index contributed by atoms with van der Waals surface area (Å²) in [6.45, 7) is 14.9. The van der Waals surface area contributed by atoms with Crippen molar-refractivity contribution in [3.8, 4) is 6.07 Å². The monoisotopic (exact) mass is 315 g/mol. The van der Waals surface area contributed by atoms with Gasteiger partial charge >= 0.3 is 0 Å². The summed E-state index contributed by atoms with van der Waals surface area (Å²) in [4.78, 5) is 4.82. The molecule has 0 N–H and O–H groups in total. The van der Waals surface area contributed by atoms with Crippen LogP contribution in [0.5, 0.6) is 0 Å². The van der Waals surface area contributed by atoms with Crippen LogP contribution in [0.2, 0.25) is 0 Å². The Labute approximate surface area is 142 Å². The third kappa shape index (κ3) is 5.64. The molecule has 0 aliphatic rings. The smallest absolute Gasteiger partial charge is 0.0846 e. The summed E-state index contributed by atoms with van der Waals surface area (Å²) < 4.78 is 0. The highest BCUT2D eigenvalue weighted by atomic mass is 15.1. The van der Waals surface area contributed by atoms with Crippen molar-refractivity contribution < 1.29 is 0 Å². The third-order valence-corrected chi connectivity index (χ3v) is 5.04. The van der Waals surface area contributed by atoms with Crippen LogP contribution >= 0.6 is 0 Å². The van der Waals surface area contributed by atoms with Crippen molar-refractivity contribution in [1.29, 1.82) is 5.26 Å². The van der Waals surface area contributed by atoms with Crippen LogP contribution in [-0.2, 0) is 5.41 Å². The van der Waals surface area contributed by atoms with Crippen LogP contribution in [-0.4, -0.2) is 49.1 Å². The number of hydrogen-bond donors (Lipinski definition) is 0. The Morgan fingerprint density at radius 3 is 1.61 bits per heavy atom. The zero-order valence-electron chi connectivity index (χ0n) is 15.4. The van der Waals surface area contributed by atoms with Gasteiger partial charge in [0.1, 0.15) is 0 Å². The van der Waals surface area contributed by atoms with Crippen molar-refractivity contribution in [3.63, 3.8) is 0 Å². The maximum Gasteiger partial charge on any atom is 0.0846 e. The van der Waals surface area contributed by atoms with Crippen LogP contribution in [0.3, 0.4) is 0 Å². The second-order valence-corrected chi connectivity index (χ2v) is 6.11. The molecule has 0 aliphatic heterocycles. The van der Waals surface area contributed by atoms with E-state index < -0.39 is 0 Å². The summed E-state index contributed by atoms with van der Waals surface area (Å²) in [5.41, 5.74) is 0.786. The predicted octanol–water partition coefficient (Wildman–Crippen LogP) is 3.91. The standard InChI is InChI=1S/C20H33N3/c1-5-22(6-2)16-14-20(18-21,15-17-23(7-3)8-4)19-12-10-9-11-13-19/h9-13H,5-8,14-17H2,1-4H3. The average molecular weight is 316 g/mol. The molecule has 0 unspecified atom stereocenters. The number of rotatable bonds is 11. The van der Waals surface area contributed by atoms with Gasteiger partial charge in [-0.3, -0.25) is 0 Å². The molecule has 1 aromatic carbocycles. The van der Waals surface area contributed by atoms with E-state index in [9.17, 15) is 5.26 Å². The Morgan fingerprint density at radius 1 is 0.826 bits per heavy atom. The van der Waals surface area contributed by atoms with Gasteiger partial charge in [-0.25, -0.2) is 0 Å². The van der Waals surface area contributed by atoms with Gasteiger partial charge in [-0.05, 0) is 57.7 Å². The zero-order valence-corrected chi connectivity index (χ0v) is 15.4. The number of benzene rings is 1. The topological polar surface area (TPSA) is 30.3 Å². The van der Waals surface area contributed by atoms with Crippen molar-refractivity contribution in [2.24, 2.45) is 0 Å². The van der Waals surface area contributed by atoms with Gasteiger partial charge in [0.15, 0.2) is 0 Å². The third-order valence-electron chi connectivity index (χ3n) is 5.04. The Bertz CT molecular complexity index is 440. The first-order valence-corrected chi connectivity index (χ1v) is 9.07. The van der Waals surface area contributed by atoms with E-state index >= 15 is 0 Å². The highest BCUT2D eigenvalue weighted by Gasteiger charge is 2.32. The highest BCUT2D eigenvalue weighted by Crippen LogP contribution is 2.32. The minimum absolute atomic E-state index is 0.382. The Kier molecular flexibility index (Phi) is 8.91. The molecule has 1 aromatic rings. The van der Waals surface area contributed by atoms with Crippen LogP contribution < -0.4 is 0 Å². The Hall–Kier alpha value is -1.37. The van der Waals surface area contributed by atoms with Gasteiger partial charge in [0.25, 0.3) is 0 Å². The number of nitrogens with zero attached hydrogens (tertiary/aromatic N) is 3. The van der Waals surface area contributed by atoms with E-state index in [4.69, 9.17) is 0 Å². The van der Waals surface area contributed by atoms with Crippen LogP contribution in [0.4, 0.5) is 0 Å².